The van der Waals surface area contributed by atoms with Gasteiger partial charge in [0.2, 0.25) is 0 Å². The number of rotatable bonds is 6. The van der Waals surface area contributed by atoms with Crippen LogP contribution in [-0.4, -0.2) is 42.1 Å². The first-order chi connectivity index (χ1) is 8.17. The van der Waals surface area contributed by atoms with Crippen LogP contribution >= 0.6 is 0 Å². The molecule has 1 rings (SSSR count). The Kier molecular flexibility index (Phi) is 4.90. The fraction of sp³-hybridized carbons (Fsp3) is 0.500. The molecular formula is C12H20N2O3. The van der Waals surface area contributed by atoms with E-state index >= 15 is 0 Å². The van der Waals surface area contributed by atoms with E-state index in [2.05, 4.69) is 5.32 Å². The number of hydrogen-bond acceptors (Lipinski definition) is 5. The molecule has 0 bridgehead atoms. The molecule has 0 fully saturated rings. The number of nitrogens with one attached hydrogen (secondary N) is 1. The molecular weight excluding hydrogens is 220 g/mol. The molecule has 0 aliphatic carbocycles. The average molecular weight is 240 g/mol. The van der Waals surface area contributed by atoms with E-state index in [1.54, 1.807) is 21.3 Å². The third-order valence-electron chi connectivity index (χ3n) is 2.49. The smallest absolute Gasteiger partial charge is 0.164 e. The second-order valence-electron chi connectivity index (χ2n) is 3.59. The van der Waals surface area contributed by atoms with E-state index in [9.17, 15) is 0 Å². The second kappa shape index (κ2) is 6.20. The van der Waals surface area contributed by atoms with Gasteiger partial charge in [0.1, 0.15) is 5.75 Å². The second-order valence-corrected chi connectivity index (χ2v) is 3.59. The van der Waals surface area contributed by atoms with Crippen molar-refractivity contribution >= 4 is 5.69 Å². The van der Waals surface area contributed by atoms with Crippen molar-refractivity contribution < 1.29 is 14.2 Å². The maximum Gasteiger partial charge on any atom is 0.164 e. The summed E-state index contributed by atoms with van der Waals surface area (Å²) in [6, 6.07) is 3.72. The van der Waals surface area contributed by atoms with Crippen LogP contribution in [0.3, 0.4) is 0 Å². The van der Waals surface area contributed by atoms with Crippen LogP contribution in [0.5, 0.6) is 17.2 Å². The van der Waals surface area contributed by atoms with Gasteiger partial charge in [-0.3, -0.25) is 0 Å². The fourth-order valence-electron chi connectivity index (χ4n) is 1.63. The van der Waals surface area contributed by atoms with Crippen molar-refractivity contribution in [2.24, 2.45) is 0 Å². The normalized spacial score (nSPS) is 9.94. The van der Waals surface area contributed by atoms with Crippen LogP contribution < -0.4 is 24.4 Å². The molecule has 0 radical (unpaired) electrons. The van der Waals surface area contributed by atoms with Crippen molar-refractivity contribution in [2.75, 3.05) is 47.0 Å². The van der Waals surface area contributed by atoms with Crippen LogP contribution in [0.2, 0.25) is 0 Å². The quantitative estimate of drug-likeness (QED) is 0.760. The van der Waals surface area contributed by atoms with Crippen molar-refractivity contribution in [1.82, 2.24) is 5.32 Å². The predicted molar refractivity (Wildman–Crippen MR) is 68.4 cm³/mol. The average Bonchev–Trinajstić information content (AvgIpc) is 2.37. The van der Waals surface area contributed by atoms with Gasteiger partial charge in [-0.05, 0) is 7.05 Å². The lowest BCUT2D eigenvalue weighted by Gasteiger charge is -2.22. The van der Waals surface area contributed by atoms with Crippen LogP contribution in [0.15, 0.2) is 12.1 Å². The molecule has 0 heterocycles. The molecule has 0 aliphatic heterocycles. The highest BCUT2D eigenvalue weighted by molar-refractivity contribution is 5.65. The molecule has 96 valence electrons. The molecule has 1 aromatic carbocycles. The Morgan fingerprint density at radius 3 is 2.00 bits per heavy atom. The van der Waals surface area contributed by atoms with Crippen molar-refractivity contribution in [3.8, 4) is 17.2 Å². The SMILES string of the molecule is CNCN(C)c1cc(OC)c(OC)cc1OC. The van der Waals surface area contributed by atoms with Gasteiger partial charge in [0.05, 0.1) is 33.7 Å². The zero-order chi connectivity index (χ0) is 12.8. The number of ether oxygens (including phenoxy) is 3. The van der Waals surface area contributed by atoms with E-state index in [4.69, 9.17) is 14.2 Å². The van der Waals surface area contributed by atoms with E-state index in [-0.39, 0.29) is 0 Å². The van der Waals surface area contributed by atoms with E-state index < -0.39 is 0 Å². The largest absolute Gasteiger partial charge is 0.494 e. The topological polar surface area (TPSA) is 43.0 Å². The lowest BCUT2D eigenvalue weighted by Crippen LogP contribution is -2.28. The first kappa shape index (κ1) is 13.4. The summed E-state index contributed by atoms with van der Waals surface area (Å²) in [5.74, 6) is 2.10. The molecule has 5 nitrogen and oxygen atoms in total. The predicted octanol–water partition coefficient (Wildman–Crippen LogP) is 1.33. The maximum atomic E-state index is 5.35. The minimum Gasteiger partial charge on any atom is -0.494 e. The number of methoxy groups -OCH3 is 3. The lowest BCUT2D eigenvalue weighted by atomic mass is 10.2. The van der Waals surface area contributed by atoms with Gasteiger partial charge in [-0.25, -0.2) is 0 Å². The van der Waals surface area contributed by atoms with Gasteiger partial charge in [-0.2, -0.15) is 0 Å². The Hall–Kier alpha value is -1.62. The van der Waals surface area contributed by atoms with Crippen molar-refractivity contribution in [3.05, 3.63) is 12.1 Å². The zero-order valence-corrected chi connectivity index (χ0v) is 11.0. The Morgan fingerprint density at radius 2 is 1.53 bits per heavy atom. The van der Waals surface area contributed by atoms with Crippen LogP contribution in [0.1, 0.15) is 0 Å². The summed E-state index contributed by atoms with van der Waals surface area (Å²) in [6.07, 6.45) is 0. The minimum atomic E-state index is 0.658. The monoisotopic (exact) mass is 240 g/mol. The van der Waals surface area contributed by atoms with Crippen molar-refractivity contribution in [1.29, 1.82) is 0 Å². The molecule has 0 aliphatic rings. The lowest BCUT2D eigenvalue weighted by molar-refractivity contribution is 0.349. The van der Waals surface area contributed by atoms with E-state index in [0.717, 1.165) is 11.4 Å². The maximum absolute atomic E-state index is 5.35. The molecule has 1 aromatic rings. The zero-order valence-electron chi connectivity index (χ0n) is 11.0. The minimum absolute atomic E-state index is 0.658. The molecule has 0 unspecified atom stereocenters. The molecule has 0 atom stereocenters. The number of anilines is 1. The van der Waals surface area contributed by atoms with Crippen LogP contribution in [0.4, 0.5) is 5.69 Å². The van der Waals surface area contributed by atoms with Crippen LogP contribution in [0, 0.1) is 0 Å². The summed E-state index contributed by atoms with van der Waals surface area (Å²) in [6.45, 7) is 0.714. The molecule has 0 saturated heterocycles. The molecule has 0 spiro atoms. The summed E-state index contributed by atoms with van der Waals surface area (Å²) < 4.78 is 15.9. The first-order valence-corrected chi connectivity index (χ1v) is 5.33. The Balaban J connectivity index is 3.18. The Labute approximate surface area is 102 Å². The first-order valence-electron chi connectivity index (χ1n) is 5.33. The Morgan fingerprint density at radius 1 is 1.00 bits per heavy atom. The molecule has 5 heteroatoms. The van der Waals surface area contributed by atoms with Crippen molar-refractivity contribution in [3.63, 3.8) is 0 Å². The van der Waals surface area contributed by atoms with E-state index in [1.165, 1.54) is 0 Å². The van der Waals surface area contributed by atoms with Gasteiger partial charge >= 0.3 is 0 Å². The highest BCUT2D eigenvalue weighted by Crippen LogP contribution is 2.39. The highest BCUT2D eigenvalue weighted by Gasteiger charge is 2.14. The van der Waals surface area contributed by atoms with Crippen LogP contribution in [-0.2, 0) is 0 Å². The van der Waals surface area contributed by atoms with E-state index in [1.807, 2.05) is 31.1 Å². The van der Waals surface area contributed by atoms with Crippen molar-refractivity contribution in [2.45, 2.75) is 0 Å². The number of hydrogen-bond donors (Lipinski definition) is 1. The third kappa shape index (κ3) is 2.94. The standard InChI is InChI=1S/C12H20N2O3/c1-13-8-14(2)9-6-11(16-4)12(17-5)7-10(9)15-3/h6-7,13H,8H2,1-5H3. The molecule has 17 heavy (non-hydrogen) atoms. The summed E-state index contributed by atoms with van der Waals surface area (Å²) in [7, 11) is 8.72. The molecule has 1 N–H and O–H groups in total. The summed E-state index contributed by atoms with van der Waals surface area (Å²) in [5, 5.41) is 3.08. The van der Waals surface area contributed by atoms with Gasteiger partial charge < -0.3 is 24.4 Å². The van der Waals surface area contributed by atoms with Crippen LogP contribution in [0.25, 0.3) is 0 Å². The molecule has 0 amide bonds. The van der Waals surface area contributed by atoms with Gasteiger partial charge in [0.15, 0.2) is 11.5 Å². The third-order valence-corrected chi connectivity index (χ3v) is 2.49. The van der Waals surface area contributed by atoms with E-state index in [0.29, 0.717) is 18.2 Å². The highest BCUT2D eigenvalue weighted by atomic mass is 16.5. The summed E-state index contributed by atoms with van der Waals surface area (Å²) in [5.41, 5.74) is 0.944. The Bertz CT molecular complexity index is 369. The number of benzene rings is 1. The van der Waals surface area contributed by atoms with Gasteiger partial charge in [0, 0.05) is 19.2 Å². The van der Waals surface area contributed by atoms with Gasteiger partial charge in [0.25, 0.3) is 0 Å². The summed E-state index contributed by atoms with van der Waals surface area (Å²) in [4.78, 5) is 2.03. The molecule has 0 aromatic heterocycles. The van der Waals surface area contributed by atoms with Gasteiger partial charge in [-0.15, -0.1) is 0 Å². The molecule has 0 saturated carbocycles. The van der Waals surface area contributed by atoms with Gasteiger partial charge in [-0.1, -0.05) is 0 Å². The fourth-order valence-corrected chi connectivity index (χ4v) is 1.63. The summed E-state index contributed by atoms with van der Waals surface area (Å²) >= 11 is 0. The number of nitrogens with zero attached hydrogens (tertiary/aromatic N) is 1.